The Bertz CT molecular complexity index is 1770. The summed E-state index contributed by atoms with van der Waals surface area (Å²) in [6.07, 6.45) is 1.04. The fraction of sp³-hybridized carbons (Fsp3) is 0.250. The smallest absolute Gasteiger partial charge is 0.342 e. The van der Waals surface area contributed by atoms with Gasteiger partial charge in [0.1, 0.15) is 29.7 Å². The van der Waals surface area contributed by atoms with Crippen molar-refractivity contribution in [3.05, 3.63) is 101 Å². The number of nitrogens with one attached hydrogen (secondary N) is 2. The molecule has 1 aromatic heterocycles. The van der Waals surface area contributed by atoms with E-state index >= 15 is 0 Å². The predicted octanol–water partition coefficient (Wildman–Crippen LogP) is 4.78. The van der Waals surface area contributed by atoms with E-state index in [0.29, 0.717) is 28.5 Å². The lowest BCUT2D eigenvalue weighted by atomic mass is 9.96. The fourth-order valence-corrected chi connectivity index (χ4v) is 6.82. The number of aromatic hydroxyl groups is 1. The highest BCUT2D eigenvalue weighted by Gasteiger charge is 2.37. The van der Waals surface area contributed by atoms with Crippen LogP contribution < -0.4 is 14.9 Å². The van der Waals surface area contributed by atoms with Crippen LogP contribution in [0.2, 0.25) is 0 Å². The van der Waals surface area contributed by atoms with Crippen LogP contribution in [0.1, 0.15) is 45.7 Å². The van der Waals surface area contributed by atoms with Crippen molar-refractivity contribution >= 4 is 36.5 Å². The van der Waals surface area contributed by atoms with Crippen molar-refractivity contribution in [2.45, 2.75) is 39.1 Å². The van der Waals surface area contributed by atoms with Gasteiger partial charge in [0.15, 0.2) is 5.75 Å². The molecule has 0 bridgehead atoms. The summed E-state index contributed by atoms with van der Waals surface area (Å²) in [5, 5.41) is 16.9. The molecule has 1 aliphatic heterocycles. The topological polar surface area (TPSA) is 147 Å². The highest BCUT2D eigenvalue weighted by atomic mass is 31.2. The number of carbonyl (C=O) groups is 3. The number of benzene rings is 3. The molecule has 5 rings (SSSR count). The van der Waals surface area contributed by atoms with Crippen molar-refractivity contribution in [3.63, 3.8) is 0 Å². The number of pyridine rings is 1. The van der Waals surface area contributed by atoms with Crippen LogP contribution in [-0.2, 0) is 27.2 Å². The summed E-state index contributed by atoms with van der Waals surface area (Å²) in [4.78, 5) is 44.1. The number of amides is 2. The van der Waals surface area contributed by atoms with Crippen LogP contribution in [0.25, 0.3) is 10.9 Å². The first-order chi connectivity index (χ1) is 21.6. The first-order valence-electron chi connectivity index (χ1n) is 14.2. The number of phenols is 1. The third kappa shape index (κ3) is 7.20. The van der Waals surface area contributed by atoms with Crippen molar-refractivity contribution in [1.82, 2.24) is 20.3 Å². The van der Waals surface area contributed by atoms with Crippen LogP contribution in [-0.4, -0.2) is 58.1 Å². The molecule has 1 aliphatic rings. The molecule has 13 heteroatoms. The Morgan fingerprint density at radius 3 is 2.58 bits per heavy atom. The average Bonchev–Trinajstić information content (AvgIpc) is 3.35. The zero-order chi connectivity index (χ0) is 32.1. The van der Waals surface area contributed by atoms with E-state index in [0.717, 1.165) is 0 Å². The molecule has 4 aromatic rings. The Balaban J connectivity index is 1.32. The van der Waals surface area contributed by atoms with Crippen LogP contribution in [0.5, 0.6) is 11.5 Å². The van der Waals surface area contributed by atoms with Crippen molar-refractivity contribution in [2.75, 3.05) is 12.9 Å². The van der Waals surface area contributed by atoms with Crippen LogP contribution >= 0.6 is 7.52 Å². The third-order valence-electron chi connectivity index (χ3n) is 7.19. The molecule has 3 N–H and O–H groups in total. The van der Waals surface area contributed by atoms with E-state index in [4.69, 9.17) is 9.26 Å². The van der Waals surface area contributed by atoms with Crippen molar-refractivity contribution in [1.29, 1.82) is 0 Å². The van der Waals surface area contributed by atoms with E-state index in [1.807, 2.05) is 0 Å². The molecule has 2 heterocycles. The van der Waals surface area contributed by atoms with Gasteiger partial charge in [-0.2, -0.15) is 0 Å². The number of hydrogen-bond donors (Lipinski definition) is 3. The van der Waals surface area contributed by atoms with Gasteiger partial charge in [-0.3, -0.25) is 19.1 Å². The van der Waals surface area contributed by atoms with E-state index in [9.17, 15) is 28.4 Å². The van der Waals surface area contributed by atoms with E-state index in [-0.39, 0.29) is 48.4 Å². The molecule has 234 valence electrons. The first-order valence-corrected chi connectivity index (χ1v) is 16.0. The highest BCUT2D eigenvalue weighted by Crippen LogP contribution is 2.44. The lowest BCUT2D eigenvalue weighted by Gasteiger charge is -2.24. The lowest BCUT2D eigenvalue weighted by Crippen LogP contribution is -2.34. The average molecular weight is 635 g/mol. The summed E-state index contributed by atoms with van der Waals surface area (Å²) in [5.74, 6) is -1.38. The van der Waals surface area contributed by atoms with Gasteiger partial charge in [0.2, 0.25) is 0 Å². The number of para-hydroxylation sites is 1. The maximum Gasteiger partial charge on any atom is 0.342 e. The van der Waals surface area contributed by atoms with Gasteiger partial charge in [-0.05, 0) is 49.7 Å². The Morgan fingerprint density at radius 2 is 1.87 bits per heavy atom. The molecule has 0 fully saturated rings. The van der Waals surface area contributed by atoms with Gasteiger partial charge in [-0.15, -0.1) is 0 Å². The SMILES string of the molecule is C[C@H](CNC(=O)c1c2c(c(O)c3ncccc13)C(=O)N(Cc1ccc(F)cc1)C2)OCP(=O)(N[C@@H](C)C=O)Oc1ccccc1. The third-order valence-corrected chi connectivity index (χ3v) is 8.98. The fourth-order valence-electron chi connectivity index (χ4n) is 5.04. The van der Waals surface area contributed by atoms with Gasteiger partial charge in [0.05, 0.1) is 23.3 Å². The molecule has 1 unspecified atom stereocenters. The van der Waals surface area contributed by atoms with Gasteiger partial charge in [0, 0.05) is 36.8 Å². The minimum atomic E-state index is -3.68. The van der Waals surface area contributed by atoms with E-state index in [1.165, 1.54) is 23.2 Å². The molecule has 0 aliphatic carbocycles. The number of aldehydes is 1. The monoisotopic (exact) mass is 634 g/mol. The van der Waals surface area contributed by atoms with E-state index < -0.39 is 37.3 Å². The second kappa shape index (κ2) is 13.6. The van der Waals surface area contributed by atoms with Crippen LogP contribution in [0.3, 0.4) is 0 Å². The van der Waals surface area contributed by atoms with Crippen LogP contribution in [0.15, 0.2) is 72.9 Å². The standard InChI is InChI=1S/C32H32FN4O7P/c1-20(18-38)36-45(42,44-24-7-4-3-5-8-24)19-43-21(2)15-35-31(40)27-25-9-6-14-34-29(25)30(39)28-26(27)17-37(32(28)41)16-22-10-12-23(33)13-11-22/h3-14,18,20-21,39H,15-17,19H2,1-2H3,(H,35,40)(H,36,42)/t20-,21+,45?/m0/s1. The number of halogens is 1. The van der Waals surface area contributed by atoms with Gasteiger partial charge in [-0.25, -0.2) is 9.48 Å². The Labute approximate surface area is 258 Å². The summed E-state index contributed by atoms with van der Waals surface area (Å²) in [5.41, 5.74) is 1.32. The van der Waals surface area contributed by atoms with Gasteiger partial charge in [-0.1, -0.05) is 36.4 Å². The highest BCUT2D eigenvalue weighted by molar-refractivity contribution is 7.57. The number of ether oxygens (including phenoxy) is 1. The Kier molecular flexibility index (Phi) is 9.57. The summed E-state index contributed by atoms with van der Waals surface area (Å²) in [6, 6.07) is 16.7. The molecule has 3 aromatic carbocycles. The number of carbonyl (C=O) groups excluding carboxylic acids is 3. The minimum Gasteiger partial charge on any atom is -0.505 e. The number of hydrogen-bond acceptors (Lipinski definition) is 8. The number of aromatic nitrogens is 1. The zero-order valence-corrected chi connectivity index (χ0v) is 25.5. The molecule has 0 saturated heterocycles. The molecule has 11 nitrogen and oxygen atoms in total. The second-order valence-corrected chi connectivity index (χ2v) is 12.8. The van der Waals surface area contributed by atoms with Gasteiger partial charge >= 0.3 is 7.52 Å². The molecule has 45 heavy (non-hydrogen) atoms. The lowest BCUT2D eigenvalue weighted by molar-refractivity contribution is -0.108. The van der Waals surface area contributed by atoms with Crippen molar-refractivity contribution in [3.8, 4) is 11.5 Å². The molecule has 0 saturated carbocycles. The Hall–Kier alpha value is -4.64. The predicted molar refractivity (Wildman–Crippen MR) is 164 cm³/mol. The quantitative estimate of drug-likeness (QED) is 0.140. The molecular formula is C32H32FN4O7P. The van der Waals surface area contributed by atoms with Crippen LogP contribution in [0.4, 0.5) is 4.39 Å². The molecule has 0 radical (unpaired) electrons. The minimum absolute atomic E-state index is 0.00193. The van der Waals surface area contributed by atoms with Crippen LogP contribution in [0, 0.1) is 5.82 Å². The maximum absolute atomic E-state index is 13.7. The number of rotatable bonds is 13. The second-order valence-electron chi connectivity index (χ2n) is 10.7. The van der Waals surface area contributed by atoms with Gasteiger partial charge in [0.25, 0.3) is 11.8 Å². The molecule has 2 amide bonds. The molecule has 0 spiro atoms. The maximum atomic E-state index is 13.7. The molecular weight excluding hydrogens is 602 g/mol. The van der Waals surface area contributed by atoms with E-state index in [2.05, 4.69) is 15.4 Å². The number of fused-ring (bicyclic) bond motifs is 2. The number of phenolic OH excluding ortho intramolecular Hbond substituents is 1. The molecule has 3 atom stereocenters. The Morgan fingerprint density at radius 1 is 1.13 bits per heavy atom. The van der Waals surface area contributed by atoms with E-state index in [1.54, 1.807) is 68.4 Å². The normalized spacial score (nSPS) is 15.3. The number of nitrogens with zero attached hydrogens (tertiary/aromatic N) is 2. The summed E-state index contributed by atoms with van der Waals surface area (Å²) >= 11 is 0. The summed E-state index contributed by atoms with van der Waals surface area (Å²) < 4.78 is 38.4. The van der Waals surface area contributed by atoms with Gasteiger partial charge < -0.3 is 29.4 Å². The summed E-state index contributed by atoms with van der Waals surface area (Å²) in [7, 11) is -3.68. The summed E-state index contributed by atoms with van der Waals surface area (Å²) in [6.45, 7) is 3.39. The van der Waals surface area contributed by atoms with Crippen molar-refractivity contribution < 1.29 is 37.7 Å². The first kappa shape index (κ1) is 31.8. The largest absolute Gasteiger partial charge is 0.505 e. The van der Waals surface area contributed by atoms with Crippen molar-refractivity contribution in [2.24, 2.45) is 0 Å². The zero-order valence-electron chi connectivity index (χ0n) is 24.6.